The first kappa shape index (κ1) is 16.2. The number of amides is 1. The SMILES string of the molecule is Cc1cccn(CC(=O)N2CCN(c3ccc(F)cc3)CC2)c1=O. The molecular formula is C18H20FN3O2. The molecule has 0 bridgehead atoms. The van der Waals surface area contributed by atoms with Crippen LogP contribution in [0.2, 0.25) is 0 Å². The molecule has 1 aromatic heterocycles. The third-order valence-electron chi connectivity index (χ3n) is 4.34. The normalized spacial score (nSPS) is 14.8. The van der Waals surface area contributed by atoms with Crippen molar-refractivity contribution in [3.05, 3.63) is 64.3 Å². The van der Waals surface area contributed by atoms with Gasteiger partial charge >= 0.3 is 0 Å². The van der Waals surface area contributed by atoms with Crippen molar-refractivity contribution in [1.82, 2.24) is 9.47 Å². The molecule has 0 saturated carbocycles. The number of pyridine rings is 1. The molecule has 1 aromatic carbocycles. The summed E-state index contributed by atoms with van der Waals surface area (Å²) < 4.78 is 14.4. The van der Waals surface area contributed by atoms with Gasteiger partial charge in [-0.05, 0) is 37.3 Å². The maximum Gasteiger partial charge on any atom is 0.253 e. The Labute approximate surface area is 139 Å². The van der Waals surface area contributed by atoms with Crippen molar-refractivity contribution in [3.63, 3.8) is 0 Å². The van der Waals surface area contributed by atoms with E-state index in [0.717, 1.165) is 5.69 Å². The van der Waals surface area contributed by atoms with Gasteiger partial charge in [-0.2, -0.15) is 0 Å². The second-order valence-electron chi connectivity index (χ2n) is 5.97. The Kier molecular flexibility index (Phi) is 4.64. The highest BCUT2D eigenvalue weighted by molar-refractivity contribution is 5.76. The molecule has 1 amide bonds. The average molecular weight is 329 g/mol. The van der Waals surface area contributed by atoms with E-state index in [4.69, 9.17) is 0 Å². The van der Waals surface area contributed by atoms with Gasteiger partial charge in [-0.3, -0.25) is 9.59 Å². The fourth-order valence-electron chi connectivity index (χ4n) is 2.89. The van der Waals surface area contributed by atoms with Crippen molar-refractivity contribution in [2.45, 2.75) is 13.5 Å². The molecule has 0 radical (unpaired) electrons. The molecule has 1 saturated heterocycles. The van der Waals surface area contributed by atoms with Crippen LogP contribution in [-0.2, 0) is 11.3 Å². The van der Waals surface area contributed by atoms with E-state index < -0.39 is 0 Å². The van der Waals surface area contributed by atoms with Gasteiger partial charge in [0.25, 0.3) is 5.56 Å². The number of carbonyl (C=O) groups is 1. The molecule has 2 aromatic rings. The van der Waals surface area contributed by atoms with Crippen molar-refractivity contribution in [1.29, 1.82) is 0 Å². The number of anilines is 1. The minimum atomic E-state index is -0.254. The molecule has 0 spiro atoms. The Balaban J connectivity index is 1.60. The molecule has 1 aliphatic heterocycles. The van der Waals surface area contributed by atoms with Gasteiger partial charge < -0.3 is 14.4 Å². The Bertz CT molecular complexity index is 778. The van der Waals surface area contributed by atoms with Gasteiger partial charge in [0.15, 0.2) is 0 Å². The predicted octanol–water partition coefficient (Wildman–Crippen LogP) is 1.64. The van der Waals surface area contributed by atoms with Gasteiger partial charge in [0.1, 0.15) is 12.4 Å². The summed E-state index contributed by atoms with van der Waals surface area (Å²) in [6.07, 6.45) is 1.64. The summed E-state index contributed by atoms with van der Waals surface area (Å²) in [5, 5.41) is 0. The van der Waals surface area contributed by atoms with Crippen LogP contribution in [0.1, 0.15) is 5.56 Å². The monoisotopic (exact) mass is 329 g/mol. The lowest BCUT2D eigenvalue weighted by Gasteiger charge is -2.36. The van der Waals surface area contributed by atoms with Crippen LogP contribution in [0.15, 0.2) is 47.4 Å². The lowest BCUT2D eigenvalue weighted by atomic mass is 10.2. The highest BCUT2D eigenvalue weighted by Gasteiger charge is 2.21. The van der Waals surface area contributed by atoms with Gasteiger partial charge in [-0.25, -0.2) is 4.39 Å². The zero-order chi connectivity index (χ0) is 17.1. The predicted molar refractivity (Wildman–Crippen MR) is 90.6 cm³/mol. The second-order valence-corrected chi connectivity index (χ2v) is 5.97. The average Bonchev–Trinajstić information content (AvgIpc) is 2.60. The van der Waals surface area contributed by atoms with Crippen molar-refractivity contribution in [2.75, 3.05) is 31.1 Å². The van der Waals surface area contributed by atoms with Gasteiger partial charge in [0.05, 0.1) is 0 Å². The number of halogens is 1. The number of hydrogen-bond donors (Lipinski definition) is 0. The molecule has 0 unspecified atom stereocenters. The summed E-state index contributed by atoms with van der Waals surface area (Å²) in [6.45, 7) is 4.38. The first-order valence-corrected chi connectivity index (χ1v) is 7.99. The molecule has 1 fully saturated rings. The summed E-state index contributed by atoms with van der Waals surface area (Å²) in [6, 6.07) is 9.90. The standard InChI is InChI=1S/C18H20FN3O2/c1-14-3-2-8-22(18(14)24)13-17(23)21-11-9-20(10-12-21)16-6-4-15(19)5-7-16/h2-8H,9-13H2,1H3. The van der Waals surface area contributed by atoms with E-state index in [1.54, 1.807) is 42.3 Å². The van der Waals surface area contributed by atoms with Gasteiger partial charge in [-0.15, -0.1) is 0 Å². The maximum absolute atomic E-state index is 13.0. The van der Waals surface area contributed by atoms with E-state index in [2.05, 4.69) is 4.90 Å². The summed E-state index contributed by atoms with van der Waals surface area (Å²) in [5.74, 6) is -0.308. The van der Waals surface area contributed by atoms with E-state index in [1.165, 1.54) is 16.7 Å². The Hall–Kier alpha value is -2.63. The highest BCUT2D eigenvalue weighted by Crippen LogP contribution is 2.17. The van der Waals surface area contributed by atoms with Crippen LogP contribution >= 0.6 is 0 Å². The number of hydrogen-bond acceptors (Lipinski definition) is 3. The smallest absolute Gasteiger partial charge is 0.253 e. The van der Waals surface area contributed by atoms with Crippen molar-refractivity contribution in [3.8, 4) is 0 Å². The second kappa shape index (κ2) is 6.86. The highest BCUT2D eigenvalue weighted by atomic mass is 19.1. The van der Waals surface area contributed by atoms with Gasteiger partial charge in [0, 0.05) is 43.6 Å². The third-order valence-corrected chi connectivity index (χ3v) is 4.34. The van der Waals surface area contributed by atoms with Crippen LogP contribution in [0.3, 0.4) is 0 Å². The number of carbonyl (C=O) groups excluding carboxylic acids is 1. The molecule has 0 atom stereocenters. The van der Waals surface area contributed by atoms with Crippen LogP contribution in [0.5, 0.6) is 0 Å². The number of aromatic nitrogens is 1. The molecule has 6 heteroatoms. The molecule has 0 aliphatic carbocycles. The third kappa shape index (κ3) is 3.48. The summed E-state index contributed by atoms with van der Waals surface area (Å²) in [5.41, 5.74) is 1.46. The molecule has 24 heavy (non-hydrogen) atoms. The van der Waals surface area contributed by atoms with Crippen molar-refractivity contribution < 1.29 is 9.18 Å². The molecular weight excluding hydrogens is 309 g/mol. The van der Waals surface area contributed by atoms with Gasteiger partial charge in [-0.1, -0.05) is 6.07 Å². The van der Waals surface area contributed by atoms with Crippen LogP contribution in [0.25, 0.3) is 0 Å². The first-order valence-electron chi connectivity index (χ1n) is 7.99. The van der Waals surface area contributed by atoms with Crippen molar-refractivity contribution >= 4 is 11.6 Å². The van der Waals surface area contributed by atoms with Crippen molar-refractivity contribution in [2.24, 2.45) is 0 Å². The molecule has 2 heterocycles. The van der Waals surface area contributed by atoms with E-state index in [0.29, 0.717) is 31.7 Å². The minimum Gasteiger partial charge on any atom is -0.368 e. The molecule has 0 N–H and O–H groups in total. The summed E-state index contributed by atoms with van der Waals surface area (Å²) >= 11 is 0. The quantitative estimate of drug-likeness (QED) is 0.860. The fraction of sp³-hybridized carbons (Fsp3) is 0.333. The summed E-state index contributed by atoms with van der Waals surface area (Å²) in [7, 11) is 0. The molecule has 1 aliphatic rings. The number of benzene rings is 1. The number of aryl methyl sites for hydroxylation is 1. The lowest BCUT2D eigenvalue weighted by molar-refractivity contribution is -0.132. The van der Waals surface area contributed by atoms with E-state index in [-0.39, 0.29) is 23.8 Å². The zero-order valence-corrected chi connectivity index (χ0v) is 13.6. The maximum atomic E-state index is 13.0. The molecule has 3 rings (SSSR count). The summed E-state index contributed by atoms with van der Waals surface area (Å²) in [4.78, 5) is 28.3. The Morgan fingerprint density at radius 2 is 1.75 bits per heavy atom. The van der Waals surface area contributed by atoms with Crippen LogP contribution in [0.4, 0.5) is 10.1 Å². The van der Waals surface area contributed by atoms with E-state index in [1.807, 2.05) is 0 Å². The Morgan fingerprint density at radius 1 is 1.08 bits per heavy atom. The topological polar surface area (TPSA) is 45.6 Å². The van der Waals surface area contributed by atoms with Gasteiger partial charge in [0.2, 0.25) is 5.91 Å². The number of nitrogens with zero attached hydrogens (tertiary/aromatic N) is 3. The lowest BCUT2D eigenvalue weighted by Crippen LogP contribution is -2.50. The van der Waals surface area contributed by atoms with Crippen LogP contribution < -0.4 is 10.5 Å². The number of rotatable bonds is 3. The zero-order valence-electron chi connectivity index (χ0n) is 13.6. The number of piperazine rings is 1. The molecule has 5 nitrogen and oxygen atoms in total. The van der Waals surface area contributed by atoms with Crippen LogP contribution in [0, 0.1) is 12.7 Å². The first-order chi connectivity index (χ1) is 11.5. The van der Waals surface area contributed by atoms with E-state index in [9.17, 15) is 14.0 Å². The van der Waals surface area contributed by atoms with E-state index >= 15 is 0 Å². The minimum absolute atomic E-state index is 0.0542. The fourth-order valence-corrected chi connectivity index (χ4v) is 2.89. The largest absolute Gasteiger partial charge is 0.368 e. The molecule has 126 valence electrons. The Morgan fingerprint density at radius 3 is 2.42 bits per heavy atom. The van der Waals surface area contributed by atoms with Crippen LogP contribution in [-0.4, -0.2) is 41.6 Å².